The zero-order valence-corrected chi connectivity index (χ0v) is 8.84. The van der Waals surface area contributed by atoms with Crippen molar-refractivity contribution in [3.05, 3.63) is 0 Å². The van der Waals surface area contributed by atoms with Gasteiger partial charge in [0.05, 0.1) is 0 Å². The van der Waals surface area contributed by atoms with Crippen LogP contribution in [0, 0.1) is 0 Å². The molecule has 12 heavy (non-hydrogen) atoms. The van der Waals surface area contributed by atoms with Crippen molar-refractivity contribution >= 4 is 0 Å². The van der Waals surface area contributed by atoms with Crippen molar-refractivity contribution in [2.24, 2.45) is 0 Å². The first-order valence-electron chi connectivity index (χ1n) is 5.51. The molecule has 0 unspecified atom stereocenters. The topological polar surface area (TPSA) is 3.24 Å². The average Bonchev–Trinajstić information content (AvgIpc) is 2.05. The summed E-state index contributed by atoms with van der Waals surface area (Å²) in [5, 5.41) is 0. The molecule has 0 aliphatic carbocycles. The van der Waals surface area contributed by atoms with Gasteiger partial charge >= 0.3 is 0 Å². The van der Waals surface area contributed by atoms with Crippen LogP contribution in [0.15, 0.2) is 0 Å². The Bertz CT molecular complexity index is 118. The van der Waals surface area contributed by atoms with Crippen LogP contribution in [0.2, 0.25) is 0 Å². The minimum atomic E-state index is 0.752. The molecule has 72 valence electrons. The van der Waals surface area contributed by atoms with E-state index in [0.29, 0.717) is 0 Å². The van der Waals surface area contributed by atoms with Gasteiger partial charge < -0.3 is 0 Å². The van der Waals surface area contributed by atoms with Crippen LogP contribution in [0.3, 0.4) is 0 Å². The third-order valence-electron chi connectivity index (χ3n) is 2.96. The Morgan fingerprint density at radius 2 is 2.08 bits per heavy atom. The molecule has 0 bridgehead atoms. The summed E-state index contributed by atoms with van der Waals surface area (Å²) < 4.78 is 0. The number of piperidine rings is 1. The van der Waals surface area contributed by atoms with Crippen LogP contribution in [0.1, 0.15) is 52.9 Å². The lowest BCUT2D eigenvalue weighted by molar-refractivity contribution is 0.105. The molecule has 0 aromatic carbocycles. The van der Waals surface area contributed by atoms with Gasteiger partial charge in [-0.1, -0.05) is 19.8 Å². The van der Waals surface area contributed by atoms with Crippen molar-refractivity contribution < 1.29 is 0 Å². The highest BCUT2D eigenvalue weighted by Crippen LogP contribution is 2.22. The van der Waals surface area contributed by atoms with Crippen molar-refractivity contribution in [1.29, 1.82) is 0 Å². The van der Waals surface area contributed by atoms with Crippen LogP contribution < -0.4 is 0 Å². The molecule has 1 fully saturated rings. The second-order valence-corrected chi connectivity index (χ2v) is 4.27. The van der Waals surface area contributed by atoms with E-state index in [2.05, 4.69) is 25.7 Å². The van der Waals surface area contributed by atoms with Gasteiger partial charge in [0.15, 0.2) is 0 Å². The molecule has 1 atom stereocenters. The minimum Gasteiger partial charge on any atom is -0.298 e. The Labute approximate surface area is 77.1 Å². The molecule has 1 heteroatoms. The molecule has 0 saturated carbocycles. The molecule has 1 aliphatic rings. The molecule has 1 aliphatic heterocycles. The maximum Gasteiger partial charge on any atom is 0.00978 e. The predicted octanol–water partition coefficient (Wildman–Crippen LogP) is 3.05. The van der Waals surface area contributed by atoms with Crippen molar-refractivity contribution in [1.82, 2.24) is 4.90 Å². The van der Waals surface area contributed by atoms with Crippen molar-refractivity contribution in [3.8, 4) is 0 Å². The lowest BCUT2D eigenvalue weighted by Crippen LogP contribution is -2.43. The first kappa shape index (κ1) is 10.0. The van der Waals surface area contributed by atoms with E-state index in [4.69, 9.17) is 0 Å². The number of likely N-dealkylation sites (tertiary alicyclic amines) is 1. The minimum absolute atomic E-state index is 0.752. The Balaban J connectivity index is 2.42. The lowest BCUT2D eigenvalue weighted by Gasteiger charge is -2.38. The van der Waals surface area contributed by atoms with E-state index in [1.54, 1.807) is 0 Å². The number of hydrogen-bond acceptors (Lipinski definition) is 1. The molecule has 0 amide bonds. The molecule has 1 rings (SSSR count). The highest BCUT2D eigenvalue weighted by atomic mass is 15.2. The van der Waals surface area contributed by atoms with E-state index in [0.717, 1.165) is 12.1 Å². The highest BCUT2D eigenvalue weighted by Gasteiger charge is 2.22. The third kappa shape index (κ3) is 2.48. The molecule has 0 N–H and O–H groups in total. The summed E-state index contributed by atoms with van der Waals surface area (Å²) in [6, 6.07) is 1.64. The summed E-state index contributed by atoms with van der Waals surface area (Å²) in [4.78, 5) is 2.69. The predicted molar refractivity (Wildman–Crippen MR) is 54.4 cm³/mol. The fourth-order valence-corrected chi connectivity index (χ4v) is 2.35. The Hall–Kier alpha value is -0.0400. The molecular formula is C11H23N. The van der Waals surface area contributed by atoms with Crippen LogP contribution >= 0.6 is 0 Å². The molecule has 1 nitrogen and oxygen atoms in total. The lowest BCUT2D eigenvalue weighted by atomic mass is 9.97. The van der Waals surface area contributed by atoms with E-state index >= 15 is 0 Å². The number of nitrogens with zero attached hydrogens (tertiary/aromatic N) is 1. The standard InChI is InChI=1S/C11H23N/c1-4-7-11-8-5-6-9-12(11)10(2)3/h10-11H,4-9H2,1-3H3/t11-/m1/s1. The second kappa shape index (κ2) is 4.86. The Morgan fingerprint density at radius 3 is 2.67 bits per heavy atom. The van der Waals surface area contributed by atoms with Crippen LogP contribution in [0.5, 0.6) is 0 Å². The molecule has 0 spiro atoms. The van der Waals surface area contributed by atoms with Gasteiger partial charge in [-0.25, -0.2) is 0 Å². The van der Waals surface area contributed by atoms with Gasteiger partial charge in [-0.05, 0) is 39.7 Å². The smallest absolute Gasteiger partial charge is 0.00978 e. The van der Waals surface area contributed by atoms with Crippen molar-refractivity contribution in [2.45, 2.75) is 65.0 Å². The van der Waals surface area contributed by atoms with E-state index in [9.17, 15) is 0 Å². The van der Waals surface area contributed by atoms with Gasteiger partial charge in [0.25, 0.3) is 0 Å². The monoisotopic (exact) mass is 169 g/mol. The third-order valence-corrected chi connectivity index (χ3v) is 2.96. The molecule has 0 radical (unpaired) electrons. The van der Waals surface area contributed by atoms with Crippen LogP contribution in [0.25, 0.3) is 0 Å². The molecule has 0 aromatic heterocycles. The maximum absolute atomic E-state index is 2.69. The summed E-state index contributed by atoms with van der Waals surface area (Å²) in [5.41, 5.74) is 0. The van der Waals surface area contributed by atoms with Gasteiger partial charge in [0.1, 0.15) is 0 Å². The maximum atomic E-state index is 2.69. The molecule has 1 saturated heterocycles. The van der Waals surface area contributed by atoms with E-state index in [1.807, 2.05) is 0 Å². The summed E-state index contributed by atoms with van der Waals surface area (Å²) in [7, 11) is 0. The number of hydrogen-bond donors (Lipinski definition) is 0. The molecule has 0 aromatic rings. The summed E-state index contributed by atoms with van der Waals surface area (Å²) in [5.74, 6) is 0. The largest absolute Gasteiger partial charge is 0.298 e. The van der Waals surface area contributed by atoms with Crippen molar-refractivity contribution in [2.75, 3.05) is 6.54 Å². The average molecular weight is 169 g/mol. The van der Waals surface area contributed by atoms with Gasteiger partial charge in [-0.15, -0.1) is 0 Å². The molecular weight excluding hydrogens is 146 g/mol. The van der Waals surface area contributed by atoms with Crippen LogP contribution in [-0.4, -0.2) is 23.5 Å². The summed E-state index contributed by atoms with van der Waals surface area (Å²) in [6.07, 6.45) is 7.05. The van der Waals surface area contributed by atoms with Gasteiger partial charge in [0, 0.05) is 12.1 Å². The van der Waals surface area contributed by atoms with Gasteiger partial charge in [0.2, 0.25) is 0 Å². The second-order valence-electron chi connectivity index (χ2n) is 4.27. The summed E-state index contributed by atoms with van der Waals surface area (Å²) in [6.45, 7) is 8.29. The summed E-state index contributed by atoms with van der Waals surface area (Å²) >= 11 is 0. The van der Waals surface area contributed by atoms with E-state index in [1.165, 1.54) is 38.6 Å². The van der Waals surface area contributed by atoms with Crippen LogP contribution in [-0.2, 0) is 0 Å². The quantitative estimate of drug-likeness (QED) is 0.627. The van der Waals surface area contributed by atoms with Crippen LogP contribution in [0.4, 0.5) is 0 Å². The number of rotatable bonds is 3. The normalized spacial score (nSPS) is 26.5. The zero-order valence-electron chi connectivity index (χ0n) is 8.84. The first-order valence-corrected chi connectivity index (χ1v) is 5.51. The van der Waals surface area contributed by atoms with Crippen molar-refractivity contribution in [3.63, 3.8) is 0 Å². The Morgan fingerprint density at radius 1 is 1.33 bits per heavy atom. The van der Waals surface area contributed by atoms with E-state index in [-0.39, 0.29) is 0 Å². The SMILES string of the molecule is CCC[C@@H]1CCCCN1C(C)C. The van der Waals surface area contributed by atoms with Gasteiger partial charge in [-0.3, -0.25) is 4.90 Å². The van der Waals surface area contributed by atoms with Gasteiger partial charge in [-0.2, -0.15) is 0 Å². The zero-order chi connectivity index (χ0) is 8.97. The Kier molecular flexibility index (Phi) is 4.07. The fourth-order valence-electron chi connectivity index (χ4n) is 2.35. The van der Waals surface area contributed by atoms with E-state index < -0.39 is 0 Å². The fraction of sp³-hybridized carbons (Fsp3) is 1.00. The first-order chi connectivity index (χ1) is 5.75. The highest BCUT2D eigenvalue weighted by molar-refractivity contribution is 4.78. The molecule has 1 heterocycles.